The molecule has 0 aliphatic rings. The number of hydrogen-bond acceptors (Lipinski definition) is 7. The number of aromatic nitrogens is 2. The summed E-state index contributed by atoms with van der Waals surface area (Å²) in [5, 5.41) is 18.7. The van der Waals surface area contributed by atoms with Gasteiger partial charge in [-0.05, 0) is 43.7 Å². The van der Waals surface area contributed by atoms with Gasteiger partial charge in [0.05, 0.1) is 17.6 Å². The number of halogens is 1. The Hall–Kier alpha value is -3.52. The molecule has 30 heavy (non-hydrogen) atoms. The van der Waals surface area contributed by atoms with Crippen molar-refractivity contribution >= 4 is 46.4 Å². The van der Waals surface area contributed by atoms with Crippen molar-refractivity contribution in [1.29, 1.82) is 0 Å². The van der Waals surface area contributed by atoms with Gasteiger partial charge in [-0.25, -0.2) is 9.78 Å². The zero-order valence-electron chi connectivity index (χ0n) is 16.8. The standard InChI is InChI=1S/C21H22ClN5O3/c1-12-7-8-16(17(9-12)23-3)25-20-14(22)10-24-21(27-20)26-15-5-4-6-18(13(15)2)30-11-19(28)29/h4-10,23H,11H2,1-3H3,(H,28,29)(H2,24,25,26,27). The minimum Gasteiger partial charge on any atom is -0.482 e. The fraction of sp³-hybridized carbons (Fsp3) is 0.190. The van der Waals surface area contributed by atoms with E-state index >= 15 is 0 Å². The first-order valence-electron chi connectivity index (χ1n) is 9.16. The van der Waals surface area contributed by atoms with Crippen molar-refractivity contribution in [1.82, 2.24) is 9.97 Å². The van der Waals surface area contributed by atoms with E-state index in [0.717, 1.165) is 22.5 Å². The first-order valence-corrected chi connectivity index (χ1v) is 9.54. The van der Waals surface area contributed by atoms with Crippen LogP contribution in [0.4, 0.5) is 28.8 Å². The highest BCUT2D eigenvalue weighted by Gasteiger charge is 2.11. The molecule has 9 heteroatoms. The van der Waals surface area contributed by atoms with Crippen molar-refractivity contribution in [2.75, 3.05) is 29.6 Å². The van der Waals surface area contributed by atoms with Crippen molar-refractivity contribution in [2.45, 2.75) is 13.8 Å². The summed E-state index contributed by atoms with van der Waals surface area (Å²) in [7, 11) is 1.84. The van der Waals surface area contributed by atoms with Gasteiger partial charge in [-0.3, -0.25) is 0 Å². The maximum absolute atomic E-state index is 10.8. The summed E-state index contributed by atoms with van der Waals surface area (Å²) in [6, 6.07) is 11.2. The number of benzene rings is 2. The molecule has 0 amide bonds. The van der Waals surface area contributed by atoms with E-state index in [1.807, 2.05) is 45.2 Å². The fourth-order valence-corrected chi connectivity index (χ4v) is 2.92. The summed E-state index contributed by atoms with van der Waals surface area (Å²) in [6.45, 7) is 3.42. The summed E-state index contributed by atoms with van der Waals surface area (Å²) in [4.78, 5) is 19.5. The Morgan fingerprint density at radius 3 is 2.67 bits per heavy atom. The summed E-state index contributed by atoms with van der Waals surface area (Å²) in [6.07, 6.45) is 1.51. The highest BCUT2D eigenvalue weighted by Crippen LogP contribution is 2.31. The molecule has 4 N–H and O–H groups in total. The molecule has 8 nitrogen and oxygen atoms in total. The second-order valence-corrected chi connectivity index (χ2v) is 6.96. The lowest BCUT2D eigenvalue weighted by Gasteiger charge is -2.15. The van der Waals surface area contributed by atoms with Gasteiger partial charge in [0, 0.05) is 18.3 Å². The van der Waals surface area contributed by atoms with E-state index in [4.69, 9.17) is 21.4 Å². The summed E-state index contributed by atoms with van der Waals surface area (Å²) in [5.74, 6) is 0.207. The molecule has 0 radical (unpaired) electrons. The van der Waals surface area contributed by atoms with E-state index in [0.29, 0.717) is 28.2 Å². The van der Waals surface area contributed by atoms with Crippen LogP contribution in [0.25, 0.3) is 0 Å². The minimum atomic E-state index is -1.04. The van der Waals surface area contributed by atoms with Crippen LogP contribution >= 0.6 is 11.6 Å². The quantitative estimate of drug-likeness (QED) is 0.408. The molecule has 2 aromatic carbocycles. The first-order chi connectivity index (χ1) is 14.4. The molecule has 3 aromatic rings. The van der Waals surface area contributed by atoms with Crippen LogP contribution in [-0.4, -0.2) is 34.7 Å². The minimum absolute atomic E-state index is 0.332. The van der Waals surface area contributed by atoms with Gasteiger partial charge in [0.2, 0.25) is 5.95 Å². The van der Waals surface area contributed by atoms with E-state index in [-0.39, 0.29) is 0 Å². The monoisotopic (exact) mass is 427 g/mol. The molecule has 0 fully saturated rings. The lowest BCUT2D eigenvalue weighted by Crippen LogP contribution is -2.10. The fourth-order valence-electron chi connectivity index (χ4n) is 2.78. The Bertz CT molecular complexity index is 1070. The average molecular weight is 428 g/mol. The lowest BCUT2D eigenvalue weighted by molar-refractivity contribution is -0.139. The number of rotatable bonds is 8. The molecule has 1 aromatic heterocycles. The summed E-state index contributed by atoms with van der Waals surface area (Å²) in [5.41, 5.74) is 4.30. The van der Waals surface area contributed by atoms with E-state index < -0.39 is 12.6 Å². The number of hydrogen-bond donors (Lipinski definition) is 4. The third-order valence-electron chi connectivity index (χ3n) is 4.32. The maximum atomic E-state index is 10.8. The van der Waals surface area contributed by atoms with Gasteiger partial charge < -0.3 is 25.8 Å². The number of ether oxygens (including phenoxy) is 1. The first kappa shape index (κ1) is 21.2. The van der Waals surface area contributed by atoms with Crippen molar-refractivity contribution in [3.05, 3.63) is 58.7 Å². The third-order valence-corrected chi connectivity index (χ3v) is 4.60. The molecule has 3 rings (SSSR count). The van der Waals surface area contributed by atoms with Gasteiger partial charge in [0.1, 0.15) is 10.8 Å². The molecular formula is C21H22ClN5O3. The van der Waals surface area contributed by atoms with Crippen LogP contribution in [0.1, 0.15) is 11.1 Å². The Labute approximate surface area is 179 Å². The molecule has 0 saturated heterocycles. The van der Waals surface area contributed by atoms with Crippen LogP contribution in [0.3, 0.4) is 0 Å². The van der Waals surface area contributed by atoms with E-state index in [1.54, 1.807) is 12.1 Å². The van der Waals surface area contributed by atoms with Crippen LogP contribution in [0, 0.1) is 13.8 Å². The second-order valence-electron chi connectivity index (χ2n) is 6.55. The Balaban J connectivity index is 1.84. The van der Waals surface area contributed by atoms with Crippen LogP contribution in [0.15, 0.2) is 42.6 Å². The summed E-state index contributed by atoms with van der Waals surface area (Å²) < 4.78 is 5.31. The number of carbonyl (C=O) groups is 1. The van der Waals surface area contributed by atoms with Crippen LogP contribution in [0.5, 0.6) is 5.75 Å². The molecule has 0 spiro atoms. The Morgan fingerprint density at radius 2 is 1.93 bits per heavy atom. The SMILES string of the molecule is CNc1cc(C)ccc1Nc1nc(Nc2cccc(OCC(=O)O)c2C)ncc1Cl. The molecule has 0 unspecified atom stereocenters. The Kier molecular flexibility index (Phi) is 6.58. The highest BCUT2D eigenvalue weighted by molar-refractivity contribution is 6.33. The number of carboxylic acid groups (broad SMARTS) is 1. The van der Waals surface area contributed by atoms with Crippen LogP contribution in [0.2, 0.25) is 5.02 Å². The molecule has 1 heterocycles. The highest BCUT2D eigenvalue weighted by atomic mass is 35.5. The van der Waals surface area contributed by atoms with Crippen molar-refractivity contribution in [3.63, 3.8) is 0 Å². The number of carboxylic acids is 1. The normalized spacial score (nSPS) is 10.4. The zero-order valence-corrected chi connectivity index (χ0v) is 17.5. The van der Waals surface area contributed by atoms with Gasteiger partial charge in [-0.1, -0.05) is 23.7 Å². The molecule has 156 valence electrons. The molecule has 0 atom stereocenters. The molecular weight excluding hydrogens is 406 g/mol. The largest absolute Gasteiger partial charge is 0.482 e. The van der Waals surface area contributed by atoms with Gasteiger partial charge in [-0.2, -0.15) is 4.98 Å². The van der Waals surface area contributed by atoms with E-state index in [1.165, 1.54) is 6.20 Å². The van der Waals surface area contributed by atoms with Crippen LogP contribution in [-0.2, 0) is 4.79 Å². The Morgan fingerprint density at radius 1 is 1.13 bits per heavy atom. The smallest absolute Gasteiger partial charge is 0.341 e. The van der Waals surface area contributed by atoms with Crippen molar-refractivity contribution in [2.24, 2.45) is 0 Å². The summed E-state index contributed by atoms with van der Waals surface area (Å²) >= 11 is 6.29. The predicted molar refractivity (Wildman–Crippen MR) is 119 cm³/mol. The van der Waals surface area contributed by atoms with Crippen molar-refractivity contribution < 1.29 is 14.6 Å². The number of aliphatic carboxylic acids is 1. The van der Waals surface area contributed by atoms with Gasteiger partial charge in [0.25, 0.3) is 0 Å². The van der Waals surface area contributed by atoms with Gasteiger partial charge in [0.15, 0.2) is 12.4 Å². The second kappa shape index (κ2) is 9.32. The number of nitrogens with one attached hydrogen (secondary N) is 3. The van der Waals surface area contributed by atoms with Gasteiger partial charge >= 0.3 is 5.97 Å². The maximum Gasteiger partial charge on any atom is 0.341 e. The predicted octanol–water partition coefficient (Wildman–Crippen LogP) is 4.74. The number of anilines is 5. The zero-order chi connectivity index (χ0) is 21.7. The molecule has 0 aliphatic heterocycles. The average Bonchev–Trinajstić information content (AvgIpc) is 2.72. The third kappa shape index (κ3) is 5.09. The van der Waals surface area contributed by atoms with Gasteiger partial charge in [-0.15, -0.1) is 0 Å². The van der Waals surface area contributed by atoms with E-state index in [9.17, 15) is 4.79 Å². The number of aryl methyl sites for hydroxylation is 1. The van der Waals surface area contributed by atoms with Crippen LogP contribution < -0.4 is 20.7 Å². The lowest BCUT2D eigenvalue weighted by atomic mass is 10.2. The molecule has 0 aliphatic carbocycles. The topological polar surface area (TPSA) is 108 Å². The molecule has 0 saturated carbocycles. The van der Waals surface area contributed by atoms with E-state index in [2.05, 4.69) is 25.9 Å². The van der Waals surface area contributed by atoms with Crippen molar-refractivity contribution in [3.8, 4) is 5.75 Å². The number of nitrogens with zero attached hydrogens (tertiary/aromatic N) is 2. The molecule has 0 bridgehead atoms.